The van der Waals surface area contributed by atoms with Crippen LogP contribution in [0.1, 0.15) is 16.2 Å². The molecule has 0 aliphatic carbocycles. The fourth-order valence-electron chi connectivity index (χ4n) is 1.33. The van der Waals surface area contributed by atoms with E-state index in [-0.39, 0.29) is 11.6 Å². The van der Waals surface area contributed by atoms with Crippen molar-refractivity contribution in [1.82, 2.24) is 9.97 Å². The summed E-state index contributed by atoms with van der Waals surface area (Å²) in [4.78, 5) is 19.8. The molecule has 2 rings (SSSR count). The fourth-order valence-corrected chi connectivity index (χ4v) is 1.57. The fraction of sp³-hybridized carbons (Fsp3) is 0.0833. The van der Waals surface area contributed by atoms with Gasteiger partial charge in [-0.25, -0.2) is 4.98 Å². The molecule has 0 saturated heterocycles. The molecular formula is C12H11ClN4O. The molecular weight excluding hydrogens is 252 g/mol. The van der Waals surface area contributed by atoms with Crippen molar-refractivity contribution >= 4 is 28.9 Å². The first kappa shape index (κ1) is 12.3. The van der Waals surface area contributed by atoms with Crippen LogP contribution in [0.3, 0.4) is 0 Å². The number of hydrogen-bond donors (Lipinski definition) is 2. The molecule has 0 spiro atoms. The normalized spacial score (nSPS) is 10.1. The van der Waals surface area contributed by atoms with Crippen molar-refractivity contribution in [3.05, 3.63) is 47.0 Å². The zero-order valence-electron chi connectivity index (χ0n) is 9.64. The number of amides is 1. The average molecular weight is 263 g/mol. The highest BCUT2D eigenvalue weighted by Gasteiger charge is 2.10. The number of hydrogen-bond acceptors (Lipinski definition) is 4. The highest BCUT2D eigenvalue weighted by molar-refractivity contribution is 6.34. The molecule has 92 valence electrons. The van der Waals surface area contributed by atoms with Crippen LogP contribution in [0.15, 0.2) is 30.6 Å². The van der Waals surface area contributed by atoms with Gasteiger partial charge in [-0.3, -0.25) is 9.78 Å². The van der Waals surface area contributed by atoms with Gasteiger partial charge in [0.25, 0.3) is 5.91 Å². The number of aryl methyl sites for hydroxylation is 1. The minimum absolute atomic E-state index is 0.230. The number of rotatable bonds is 2. The molecule has 0 aliphatic rings. The summed E-state index contributed by atoms with van der Waals surface area (Å²) in [5.41, 5.74) is 7.56. The molecule has 1 heterocycles. The van der Waals surface area contributed by atoms with Crippen LogP contribution in [0.2, 0.25) is 5.02 Å². The van der Waals surface area contributed by atoms with Crippen LogP contribution in [-0.4, -0.2) is 15.9 Å². The number of carbonyl (C=O) groups excluding carboxylic acids is 1. The van der Waals surface area contributed by atoms with Gasteiger partial charge >= 0.3 is 0 Å². The van der Waals surface area contributed by atoms with Gasteiger partial charge in [0.2, 0.25) is 0 Å². The van der Waals surface area contributed by atoms with E-state index in [2.05, 4.69) is 15.3 Å². The molecule has 1 aromatic carbocycles. The lowest BCUT2D eigenvalue weighted by Crippen LogP contribution is -2.14. The van der Waals surface area contributed by atoms with Gasteiger partial charge in [0, 0.05) is 11.9 Å². The summed E-state index contributed by atoms with van der Waals surface area (Å²) >= 11 is 5.96. The van der Waals surface area contributed by atoms with Gasteiger partial charge in [-0.2, -0.15) is 0 Å². The Balaban J connectivity index is 2.18. The number of nitrogens with zero attached hydrogens (tertiary/aromatic N) is 2. The van der Waals surface area contributed by atoms with Gasteiger partial charge in [-0.1, -0.05) is 11.6 Å². The first-order valence-corrected chi connectivity index (χ1v) is 5.59. The van der Waals surface area contributed by atoms with Crippen molar-refractivity contribution in [2.75, 3.05) is 11.1 Å². The van der Waals surface area contributed by atoms with Crippen LogP contribution in [0.5, 0.6) is 0 Å². The van der Waals surface area contributed by atoms with Crippen LogP contribution in [0.4, 0.5) is 11.4 Å². The summed E-state index contributed by atoms with van der Waals surface area (Å²) in [6.07, 6.45) is 2.94. The number of nitrogens with two attached hydrogens (primary N) is 1. The zero-order chi connectivity index (χ0) is 13.1. The predicted molar refractivity (Wildman–Crippen MR) is 70.6 cm³/mol. The van der Waals surface area contributed by atoms with E-state index in [4.69, 9.17) is 17.3 Å². The maximum absolute atomic E-state index is 11.9. The highest BCUT2D eigenvalue weighted by Crippen LogP contribution is 2.24. The van der Waals surface area contributed by atoms with Gasteiger partial charge < -0.3 is 11.1 Å². The standard InChI is InChI=1S/C12H11ClN4O/c1-7-5-16-11(6-15-7)12(18)17-10-3-2-8(14)4-9(10)13/h2-6H,14H2,1H3,(H,17,18). The van der Waals surface area contributed by atoms with E-state index >= 15 is 0 Å². The number of nitrogen functional groups attached to an aromatic ring is 1. The van der Waals surface area contributed by atoms with Crippen LogP contribution in [-0.2, 0) is 0 Å². The van der Waals surface area contributed by atoms with Crippen LogP contribution < -0.4 is 11.1 Å². The largest absolute Gasteiger partial charge is 0.399 e. The van der Waals surface area contributed by atoms with Crippen LogP contribution >= 0.6 is 11.6 Å². The maximum Gasteiger partial charge on any atom is 0.275 e. The van der Waals surface area contributed by atoms with Crippen molar-refractivity contribution in [2.24, 2.45) is 0 Å². The van der Waals surface area contributed by atoms with E-state index in [1.165, 1.54) is 12.4 Å². The summed E-state index contributed by atoms with van der Waals surface area (Å²) in [5, 5.41) is 3.02. The first-order valence-electron chi connectivity index (χ1n) is 5.21. The maximum atomic E-state index is 11.9. The third kappa shape index (κ3) is 2.75. The van der Waals surface area contributed by atoms with E-state index in [1.807, 2.05) is 0 Å². The minimum atomic E-state index is -0.367. The van der Waals surface area contributed by atoms with Crippen molar-refractivity contribution < 1.29 is 4.79 Å². The molecule has 0 bridgehead atoms. The summed E-state index contributed by atoms with van der Waals surface area (Å²) in [7, 11) is 0. The van der Waals surface area contributed by atoms with E-state index in [0.29, 0.717) is 16.4 Å². The molecule has 5 nitrogen and oxygen atoms in total. The molecule has 0 unspecified atom stereocenters. The Hall–Kier alpha value is -2.14. The second-order valence-corrected chi connectivity index (χ2v) is 4.14. The SMILES string of the molecule is Cc1cnc(C(=O)Nc2ccc(N)cc2Cl)cn1. The summed E-state index contributed by atoms with van der Waals surface area (Å²) in [6.45, 7) is 1.80. The number of nitrogens with one attached hydrogen (secondary N) is 1. The number of halogens is 1. The second-order valence-electron chi connectivity index (χ2n) is 3.74. The quantitative estimate of drug-likeness (QED) is 0.814. The summed E-state index contributed by atoms with van der Waals surface area (Å²) in [5.74, 6) is -0.367. The molecule has 0 atom stereocenters. The Morgan fingerprint density at radius 3 is 2.72 bits per heavy atom. The van der Waals surface area contributed by atoms with E-state index in [9.17, 15) is 4.79 Å². The van der Waals surface area contributed by atoms with E-state index < -0.39 is 0 Å². The molecule has 18 heavy (non-hydrogen) atoms. The summed E-state index contributed by atoms with van der Waals surface area (Å²) < 4.78 is 0. The van der Waals surface area contributed by atoms with Gasteiger partial charge in [-0.15, -0.1) is 0 Å². The Kier molecular flexibility index (Phi) is 3.43. The molecule has 0 radical (unpaired) electrons. The molecule has 0 aliphatic heterocycles. The average Bonchev–Trinajstić information content (AvgIpc) is 2.33. The first-order chi connectivity index (χ1) is 8.56. The molecule has 1 aromatic heterocycles. The smallest absolute Gasteiger partial charge is 0.275 e. The number of benzene rings is 1. The summed E-state index contributed by atoms with van der Waals surface area (Å²) in [6, 6.07) is 4.86. The predicted octanol–water partition coefficient (Wildman–Crippen LogP) is 2.27. The Bertz CT molecular complexity index is 583. The third-order valence-electron chi connectivity index (χ3n) is 2.25. The van der Waals surface area contributed by atoms with Gasteiger partial charge in [0.05, 0.1) is 22.6 Å². The van der Waals surface area contributed by atoms with E-state index in [0.717, 1.165) is 5.69 Å². The van der Waals surface area contributed by atoms with Gasteiger partial charge in [-0.05, 0) is 25.1 Å². The molecule has 0 saturated carbocycles. The second kappa shape index (κ2) is 5.01. The monoisotopic (exact) mass is 262 g/mol. The minimum Gasteiger partial charge on any atom is -0.399 e. The zero-order valence-corrected chi connectivity index (χ0v) is 10.4. The Morgan fingerprint density at radius 2 is 2.11 bits per heavy atom. The highest BCUT2D eigenvalue weighted by atomic mass is 35.5. The Labute approximate surface area is 109 Å². The van der Waals surface area contributed by atoms with Crippen molar-refractivity contribution in [2.45, 2.75) is 6.92 Å². The molecule has 3 N–H and O–H groups in total. The Morgan fingerprint density at radius 1 is 1.33 bits per heavy atom. The van der Waals surface area contributed by atoms with Crippen LogP contribution in [0, 0.1) is 6.92 Å². The number of aromatic nitrogens is 2. The van der Waals surface area contributed by atoms with Gasteiger partial charge in [0.15, 0.2) is 0 Å². The molecule has 0 fully saturated rings. The van der Waals surface area contributed by atoms with Gasteiger partial charge in [0.1, 0.15) is 5.69 Å². The topological polar surface area (TPSA) is 80.9 Å². The molecule has 6 heteroatoms. The third-order valence-corrected chi connectivity index (χ3v) is 2.57. The lowest BCUT2D eigenvalue weighted by Gasteiger charge is -2.07. The number of anilines is 2. The van der Waals surface area contributed by atoms with Crippen molar-refractivity contribution in [1.29, 1.82) is 0 Å². The number of carbonyl (C=O) groups is 1. The van der Waals surface area contributed by atoms with E-state index in [1.54, 1.807) is 25.1 Å². The van der Waals surface area contributed by atoms with Crippen molar-refractivity contribution in [3.63, 3.8) is 0 Å². The molecule has 1 amide bonds. The van der Waals surface area contributed by atoms with Crippen molar-refractivity contribution in [3.8, 4) is 0 Å². The molecule has 2 aromatic rings. The lowest BCUT2D eigenvalue weighted by molar-refractivity contribution is 0.102. The lowest BCUT2D eigenvalue weighted by atomic mass is 10.2. The van der Waals surface area contributed by atoms with Crippen LogP contribution in [0.25, 0.3) is 0 Å².